The summed E-state index contributed by atoms with van der Waals surface area (Å²) in [5.74, 6) is -2.44. The number of carboxylic acid groups (broad SMARTS) is 3. The monoisotopic (exact) mass is 535 g/mol. The van der Waals surface area contributed by atoms with Crippen molar-refractivity contribution in [2.75, 3.05) is 0 Å². The van der Waals surface area contributed by atoms with E-state index in [9.17, 15) is 0 Å². The maximum atomic E-state index is 9.00. The van der Waals surface area contributed by atoms with Crippen LogP contribution in [0.4, 0.5) is 0 Å². The van der Waals surface area contributed by atoms with Crippen LogP contribution in [0, 0.1) is 5.41 Å². The number of nitrogens with two attached hydrogens (primary N) is 3. The molecule has 0 rings (SSSR count). The van der Waals surface area contributed by atoms with Crippen molar-refractivity contribution < 1.29 is 29.7 Å². The fourth-order valence-electron chi connectivity index (χ4n) is 2.88. The fourth-order valence-corrected chi connectivity index (χ4v) is 2.88. The van der Waals surface area contributed by atoms with Crippen LogP contribution in [-0.2, 0) is 14.4 Å². The van der Waals surface area contributed by atoms with Gasteiger partial charge in [-0.25, -0.2) is 4.99 Å². The summed E-state index contributed by atoms with van der Waals surface area (Å²) in [5.41, 5.74) is 16.7. The topological polar surface area (TPSA) is 250 Å². The highest BCUT2D eigenvalue weighted by molar-refractivity contribution is 5.76. The number of hydrogen-bond donors (Lipinski definition) is 9. The van der Waals surface area contributed by atoms with Gasteiger partial charge in [0, 0.05) is 20.8 Å². The van der Waals surface area contributed by atoms with Crippen LogP contribution in [0.3, 0.4) is 0 Å². The van der Waals surface area contributed by atoms with Crippen LogP contribution in [0.5, 0.6) is 0 Å². The van der Waals surface area contributed by atoms with Crippen LogP contribution >= 0.6 is 0 Å². The number of aliphatic carboxylic acids is 3. The molecule has 0 aliphatic heterocycles. The predicted molar refractivity (Wildman–Crippen MR) is 148 cm³/mol. The molecule has 0 saturated heterocycles. The molecule has 0 spiro atoms. The highest BCUT2D eigenvalue weighted by Gasteiger charge is 2.15. The van der Waals surface area contributed by atoms with Crippen molar-refractivity contribution >= 4 is 29.8 Å². The van der Waals surface area contributed by atoms with Gasteiger partial charge in [0.2, 0.25) is 0 Å². The van der Waals surface area contributed by atoms with Crippen molar-refractivity contribution in [3.8, 4) is 0 Å². The maximum Gasteiger partial charge on any atom is 0.300 e. The fraction of sp³-hybridized carbons (Fsp3) is 0.792. The molecule has 2 unspecified atom stereocenters. The van der Waals surface area contributed by atoms with Gasteiger partial charge in [-0.05, 0) is 19.3 Å². The Morgan fingerprint density at radius 3 is 1.41 bits per heavy atom. The molecule has 0 fully saturated rings. The summed E-state index contributed by atoms with van der Waals surface area (Å²) in [4.78, 5) is 31.3. The zero-order valence-electron chi connectivity index (χ0n) is 23.4. The van der Waals surface area contributed by atoms with Gasteiger partial charge in [-0.3, -0.25) is 25.1 Å². The standard InChI is InChI=1S/C18H41N7.3C2H4O2/c1-3-5-7-9-11-13-15(24-17(19)20)23-16(25-18(21)22)14-12-10-8-6-4-2;3*1-2(3)4/h15-16,23H,3-14H2,1-2H3,(H4,19,20,24)(H4,21,22,25);3*1H3,(H,3,4). The van der Waals surface area contributed by atoms with E-state index < -0.39 is 17.9 Å². The van der Waals surface area contributed by atoms with Crippen molar-refractivity contribution in [2.45, 2.75) is 124 Å². The SMILES string of the molecule is CC(=O)O.CC(=O)O.CC(=O)O.CCCCCCCC(N=C(N)N)NC(CCCCCCC)NC(=N)N. The van der Waals surface area contributed by atoms with E-state index in [0.717, 1.165) is 46.5 Å². The lowest BCUT2D eigenvalue weighted by Gasteiger charge is -2.25. The molecule has 0 saturated carbocycles. The molecule has 2 atom stereocenters. The second-order valence-corrected chi connectivity index (χ2v) is 8.31. The number of nitrogens with one attached hydrogen (secondary N) is 3. The second-order valence-electron chi connectivity index (χ2n) is 8.31. The van der Waals surface area contributed by atoms with Gasteiger partial charge < -0.3 is 37.8 Å². The van der Waals surface area contributed by atoms with Gasteiger partial charge in [0.1, 0.15) is 6.17 Å². The van der Waals surface area contributed by atoms with E-state index in [0.29, 0.717) is 0 Å². The summed E-state index contributed by atoms with van der Waals surface area (Å²) >= 11 is 0. The van der Waals surface area contributed by atoms with E-state index >= 15 is 0 Å². The highest BCUT2D eigenvalue weighted by atomic mass is 16.4. The molecule has 0 aliphatic rings. The van der Waals surface area contributed by atoms with Crippen LogP contribution in [0.1, 0.15) is 112 Å². The molecular formula is C24H53N7O6. The number of nitrogens with zero attached hydrogens (tertiary/aromatic N) is 1. The number of aliphatic imine (C=N–C) groups is 1. The first kappa shape index (κ1) is 41.1. The first-order valence-corrected chi connectivity index (χ1v) is 12.7. The third-order valence-electron chi connectivity index (χ3n) is 4.21. The molecular weight excluding hydrogens is 482 g/mol. The Bertz CT molecular complexity index is 574. The third kappa shape index (κ3) is 59.9. The predicted octanol–water partition coefficient (Wildman–Crippen LogP) is 2.98. The average Bonchev–Trinajstić information content (AvgIpc) is 2.71. The van der Waals surface area contributed by atoms with Gasteiger partial charge in [-0.2, -0.15) is 0 Å². The van der Waals surface area contributed by atoms with Crippen LogP contribution in [0.2, 0.25) is 0 Å². The molecule has 13 nitrogen and oxygen atoms in total. The maximum absolute atomic E-state index is 9.00. The molecule has 220 valence electrons. The molecule has 12 N–H and O–H groups in total. The van der Waals surface area contributed by atoms with Gasteiger partial charge in [-0.1, -0.05) is 71.6 Å². The molecule has 0 bridgehead atoms. The first-order chi connectivity index (χ1) is 17.2. The van der Waals surface area contributed by atoms with Gasteiger partial charge >= 0.3 is 0 Å². The summed E-state index contributed by atoms with van der Waals surface area (Å²) in [6.45, 7) is 7.67. The molecule has 37 heavy (non-hydrogen) atoms. The van der Waals surface area contributed by atoms with Crippen LogP contribution in [0.15, 0.2) is 4.99 Å². The molecule has 0 aliphatic carbocycles. The van der Waals surface area contributed by atoms with Gasteiger partial charge in [0.05, 0.1) is 6.17 Å². The Morgan fingerprint density at radius 1 is 0.730 bits per heavy atom. The lowest BCUT2D eigenvalue weighted by Crippen LogP contribution is -2.51. The molecule has 13 heteroatoms. The van der Waals surface area contributed by atoms with Gasteiger partial charge in [0.15, 0.2) is 11.9 Å². The number of rotatable bonds is 16. The minimum absolute atomic E-state index is 0.0301. The summed E-state index contributed by atoms with van der Waals surface area (Å²) in [7, 11) is 0. The zero-order chi connectivity index (χ0) is 29.6. The molecule has 0 amide bonds. The number of carboxylic acids is 3. The number of carbonyl (C=O) groups is 3. The normalized spacial score (nSPS) is 10.9. The van der Waals surface area contributed by atoms with Gasteiger partial charge in [-0.15, -0.1) is 0 Å². The number of unbranched alkanes of at least 4 members (excludes halogenated alkanes) is 8. The van der Waals surface area contributed by atoms with E-state index in [2.05, 4.69) is 29.5 Å². The van der Waals surface area contributed by atoms with E-state index in [1.165, 1.54) is 51.4 Å². The summed E-state index contributed by atoms with van der Waals surface area (Å²) < 4.78 is 0. The van der Waals surface area contributed by atoms with E-state index in [1.807, 2.05) is 0 Å². The third-order valence-corrected chi connectivity index (χ3v) is 4.21. The molecule has 0 aromatic heterocycles. The van der Waals surface area contributed by atoms with Crippen molar-refractivity contribution in [1.29, 1.82) is 5.41 Å². The van der Waals surface area contributed by atoms with E-state index in [1.54, 1.807) is 0 Å². The lowest BCUT2D eigenvalue weighted by atomic mass is 10.1. The van der Waals surface area contributed by atoms with Crippen molar-refractivity contribution in [3.05, 3.63) is 0 Å². The Balaban J connectivity index is -0.000000375. The minimum Gasteiger partial charge on any atom is -0.481 e. The van der Waals surface area contributed by atoms with Crippen LogP contribution in [0.25, 0.3) is 0 Å². The number of hydrogen-bond acceptors (Lipinski definition) is 6. The smallest absolute Gasteiger partial charge is 0.300 e. The van der Waals surface area contributed by atoms with Gasteiger partial charge in [0.25, 0.3) is 17.9 Å². The van der Waals surface area contributed by atoms with Crippen molar-refractivity contribution in [1.82, 2.24) is 10.6 Å². The summed E-state index contributed by atoms with van der Waals surface area (Å²) in [6.07, 6.45) is 13.6. The largest absolute Gasteiger partial charge is 0.481 e. The van der Waals surface area contributed by atoms with Crippen LogP contribution < -0.4 is 27.8 Å². The average molecular weight is 536 g/mol. The van der Waals surface area contributed by atoms with Crippen molar-refractivity contribution in [3.63, 3.8) is 0 Å². The summed E-state index contributed by atoms with van der Waals surface area (Å²) in [6, 6.07) is 0. The zero-order valence-corrected chi connectivity index (χ0v) is 23.4. The Hall–Kier alpha value is -3.09. The van der Waals surface area contributed by atoms with Crippen molar-refractivity contribution in [2.24, 2.45) is 22.2 Å². The molecule has 0 aromatic rings. The molecule has 0 aromatic carbocycles. The van der Waals surface area contributed by atoms with Crippen LogP contribution in [-0.4, -0.2) is 57.5 Å². The minimum atomic E-state index is -0.833. The Kier molecular flexibility index (Phi) is 34.3. The Labute approximate surface area is 222 Å². The molecule has 0 radical (unpaired) electrons. The Morgan fingerprint density at radius 2 is 1.08 bits per heavy atom. The lowest BCUT2D eigenvalue weighted by molar-refractivity contribution is -0.135. The first-order valence-electron chi connectivity index (χ1n) is 12.7. The summed E-state index contributed by atoms with van der Waals surface area (Å²) in [5, 5.41) is 36.2. The second kappa shape index (κ2) is 30.9. The van der Waals surface area contributed by atoms with E-state index in [-0.39, 0.29) is 24.3 Å². The number of guanidine groups is 2. The highest BCUT2D eigenvalue weighted by Crippen LogP contribution is 2.11. The molecule has 0 heterocycles. The van der Waals surface area contributed by atoms with E-state index in [4.69, 9.17) is 52.3 Å². The quantitative estimate of drug-likeness (QED) is 0.0600.